The number of carbonyl (C=O) groups excluding carboxylic acids is 1. The molecule has 0 saturated heterocycles. The number of nitrogens with zero attached hydrogens (tertiary/aromatic N) is 2. The maximum Gasteiger partial charge on any atom is 0.534 e. The van der Waals surface area contributed by atoms with Gasteiger partial charge in [-0.2, -0.15) is 21.6 Å². The van der Waals surface area contributed by atoms with Crippen molar-refractivity contribution < 1.29 is 40.0 Å². The van der Waals surface area contributed by atoms with Crippen LogP contribution in [0.15, 0.2) is 6.07 Å². The molecule has 1 amide bonds. The Morgan fingerprint density at radius 2 is 1.94 bits per heavy atom. The molecule has 1 aromatic carbocycles. The molecule has 2 heterocycles. The standard InChI is InChI=1S/C17H15Cl2F3N2O6S/c1-7-12-8-4-10(29-3)13(18)14(19)15(8)23-16(30-31(26,27)17(20,21)22)9(12)5-24(7)11(25)6-28-2/h4,7H,5-6H2,1-3H3/t7-/m0/s1. The Bertz CT molecular complexity index is 1170. The SMILES string of the molecule is COCC(=O)N1Cc2c(OS(=O)(=O)C(F)(F)F)nc3c(Cl)c(Cl)c(OC)cc3c2[C@@H]1C. The minimum atomic E-state index is -6.03. The number of carbonyl (C=O) groups is 1. The molecule has 2 aromatic rings. The van der Waals surface area contributed by atoms with E-state index in [-0.39, 0.29) is 40.0 Å². The fraction of sp³-hybridized carbons (Fsp3) is 0.412. The first-order valence-electron chi connectivity index (χ1n) is 8.51. The van der Waals surface area contributed by atoms with Gasteiger partial charge in [0.1, 0.15) is 17.4 Å². The smallest absolute Gasteiger partial charge is 0.495 e. The van der Waals surface area contributed by atoms with Crippen molar-refractivity contribution >= 4 is 50.1 Å². The normalized spacial score (nSPS) is 16.5. The summed E-state index contributed by atoms with van der Waals surface area (Å²) in [4.78, 5) is 17.6. The molecule has 0 unspecified atom stereocenters. The van der Waals surface area contributed by atoms with Gasteiger partial charge in [0.25, 0.3) is 0 Å². The van der Waals surface area contributed by atoms with Gasteiger partial charge in [0, 0.05) is 18.1 Å². The fourth-order valence-electron chi connectivity index (χ4n) is 3.33. The highest BCUT2D eigenvalue weighted by Crippen LogP contribution is 2.47. The molecule has 0 spiro atoms. The van der Waals surface area contributed by atoms with Crippen LogP contribution in [0.1, 0.15) is 24.1 Å². The van der Waals surface area contributed by atoms with E-state index in [1.165, 1.54) is 25.2 Å². The molecule has 0 bridgehead atoms. The van der Waals surface area contributed by atoms with E-state index in [4.69, 9.17) is 32.7 Å². The van der Waals surface area contributed by atoms with Crippen LogP contribution in [-0.4, -0.2) is 50.5 Å². The summed E-state index contributed by atoms with van der Waals surface area (Å²) in [5.74, 6) is -1.16. The Balaban J connectivity index is 2.31. The Labute approximate surface area is 184 Å². The molecular weight excluding hydrogens is 488 g/mol. The minimum Gasteiger partial charge on any atom is -0.495 e. The zero-order valence-corrected chi connectivity index (χ0v) is 18.5. The van der Waals surface area contributed by atoms with Crippen LogP contribution < -0.4 is 8.92 Å². The molecule has 0 saturated carbocycles. The van der Waals surface area contributed by atoms with Crippen molar-refractivity contribution in [2.45, 2.75) is 25.0 Å². The zero-order chi connectivity index (χ0) is 23.3. The lowest BCUT2D eigenvalue weighted by Gasteiger charge is -2.22. The number of rotatable bonds is 5. The largest absolute Gasteiger partial charge is 0.534 e. The maximum absolute atomic E-state index is 12.9. The first-order chi connectivity index (χ1) is 14.3. The van der Waals surface area contributed by atoms with Gasteiger partial charge in [-0.25, -0.2) is 4.98 Å². The average molecular weight is 503 g/mol. The molecule has 170 valence electrons. The van der Waals surface area contributed by atoms with Gasteiger partial charge in [0.15, 0.2) is 0 Å². The lowest BCUT2D eigenvalue weighted by Crippen LogP contribution is -2.31. The molecule has 1 aromatic heterocycles. The van der Waals surface area contributed by atoms with Gasteiger partial charge in [-0.1, -0.05) is 23.2 Å². The summed E-state index contributed by atoms with van der Waals surface area (Å²) in [5, 5.41) is 0.0619. The molecule has 0 N–H and O–H groups in total. The summed E-state index contributed by atoms with van der Waals surface area (Å²) >= 11 is 12.4. The van der Waals surface area contributed by atoms with Crippen LogP contribution in [0, 0.1) is 0 Å². The quantitative estimate of drug-likeness (QED) is 0.452. The number of fused-ring (bicyclic) bond motifs is 3. The monoisotopic (exact) mass is 502 g/mol. The summed E-state index contributed by atoms with van der Waals surface area (Å²) in [7, 11) is -3.39. The van der Waals surface area contributed by atoms with Gasteiger partial charge in [0.2, 0.25) is 11.8 Å². The van der Waals surface area contributed by atoms with E-state index in [9.17, 15) is 26.4 Å². The number of halogens is 5. The van der Waals surface area contributed by atoms with Gasteiger partial charge < -0.3 is 18.6 Å². The van der Waals surface area contributed by atoms with Crippen molar-refractivity contribution in [2.75, 3.05) is 20.8 Å². The molecule has 1 atom stereocenters. The van der Waals surface area contributed by atoms with E-state index >= 15 is 0 Å². The third kappa shape index (κ3) is 3.97. The number of ether oxygens (including phenoxy) is 2. The van der Waals surface area contributed by atoms with Crippen LogP contribution >= 0.6 is 23.2 Å². The van der Waals surface area contributed by atoms with E-state index in [0.717, 1.165) is 0 Å². The van der Waals surface area contributed by atoms with E-state index in [1.807, 2.05) is 0 Å². The van der Waals surface area contributed by atoms with Crippen molar-refractivity contribution in [1.29, 1.82) is 0 Å². The molecule has 0 aliphatic carbocycles. The number of amides is 1. The summed E-state index contributed by atoms with van der Waals surface area (Å²) in [6.07, 6.45) is 0. The van der Waals surface area contributed by atoms with Crippen LogP contribution in [0.5, 0.6) is 11.6 Å². The van der Waals surface area contributed by atoms with Crippen molar-refractivity contribution in [3.05, 3.63) is 27.2 Å². The fourth-order valence-corrected chi connectivity index (χ4v) is 4.23. The van der Waals surface area contributed by atoms with E-state index in [2.05, 4.69) is 9.17 Å². The number of hydrogen-bond donors (Lipinski definition) is 0. The summed E-state index contributed by atoms with van der Waals surface area (Å²) in [6, 6.07) is 0.763. The highest BCUT2D eigenvalue weighted by atomic mass is 35.5. The molecule has 0 fully saturated rings. The second-order valence-electron chi connectivity index (χ2n) is 6.53. The maximum atomic E-state index is 12.9. The molecule has 8 nitrogen and oxygen atoms in total. The Morgan fingerprint density at radius 3 is 2.48 bits per heavy atom. The highest BCUT2D eigenvalue weighted by Gasteiger charge is 2.50. The van der Waals surface area contributed by atoms with Gasteiger partial charge in [-0.05, 0) is 18.6 Å². The second kappa shape index (κ2) is 8.15. The number of alkyl halides is 3. The molecule has 3 rings (SSSR count). The third-order valence-electron chi connectivity index (χ3n) is 4.73. The Hall–Kier alpha value is -2.02. The zero-order valence-electron chi connectivity index (χ0n) is 16.2. The van der Waals surface area contributed by atoms with Crippen molar-refractivity contribution in [3.8, 4) is 11.6 Å². The summed E-state index contributed by atoms with van der Waals surface area (Å²) in [6.45, 7) is 1.05. The van der Waals surface area contributed by atoms with E-state index in [1.54, 1.807) is 6.92 Å². The molecule has 0 radical (unpaired) electrons. The van der Waals surface area contributed by atoms with Crippen LogP contribution in [0.25, 0.3) is 10.9 Å². The average Bonchev–Trinajstić information content (AvgIpc) is 3.02. The lowest BCUT2D eigenvalue weighted by molar-refractivity contribution is -0.137. The van der Waals surface area contributed by atoms with Crippen LogP contribution in [-0.2, 0) is 26.2 Å². The number of pyridine rings is 1. The number of hydrogen-bond acceptors (Lipinski definition) is 7. The number of benzene rings is 1. The second-order valence-corrected chi connectivity index (χ2v) is 8.82. The van der Waals surface area contributed by atoms with Crippen LogP contribution in [0.3, 0.4) is 0 Å². The van der Waals surface area contributed by atoms with Gasteiger partial charge in [0.05, 0.1) is 30.2 Å². The number of methoxy groups -OCH3 is 2. The van der Waals surface area contributed by atoms with Crippen LogP contribution in [0.2, 0.25) is 10.0 Å². The lowest BCUT2D eigenvalue weighted by atomic mass is 10.0. The number of aromatic nitrogens is 1. The predicted octanol–water partition coefficient (Wildman–Crippen LogP) is 3.83. The highest BCUT2D eigenvalue weighted by molar-refractivity contribution is 7.87. The van der Waals surface area contributed by atoms with Crippen molar-refractivity contribution in [3.63, 3.8) is 0 Å². The Kier molecular flexibility index (Phi) is 6.22. The molecule has 14 heteroatoms. The predicted molar refractivity (Wildman–Crippen MR) is 105 cm³/mol. The molecule has 1 aliphatic rings. The van der Waals surface area contributed by atoms with E-state index < -0.39 is 33.5 Å². The topological polar surface area (TPSA) is 95.0 Å². The van der Waals surface area contributed by atoms with Gasteiger partial charge in [-0.15, -0.1) is 0 Å². The first-order valence-corrected chi connectivity index (χ1v) is 10.7. The van der Waals surface area contributed by atoms with E-state index in [0.29, 0.717) is 10.9 Å². The summed E-state index contributed by atoms with van der Waals surface area (Å²) < 4.78 is 76.4. The Morgan fingerprint density at radius 1 is 1.29 bits per heavy atom. The first kappa shape index (κ1) is 23.6. The van der Waals surface area contributed by atoms with Gasteiger partial charge >= 0.3 is 15.6 Å². The van der Waals surface area contributed by atoms with Crippen LogP contribution in [0.4, 0.5) is 13.2 Å². The molecule has 1 aliphatic heterocycles. The third-order valence-corrected chi connectivity index (χ3v) is 6.51. The molecule has 31 heavy (non-hydrogen) atoms. The van der Waals surface area contributed by atoms with Gasteiger partial charge in [-0.3, -0.25) is 4.79 Å². The van der Waals surface area contributed by atoms with Crippen molar-refractivity contribution in [2.24, 2.45) is 0 Å². The minimum absolute atomic E-state index is 0.0160. The summed E-state index contributed by atoms with van der Waals surface area (Å²) in [5.41, 5.74) is -5.50. The molecular formula is C17H15Cl2F3N2O6S. The van der Waals surface area contributed by atoms with Crippen molar-refractivity contribution in [1.82, 2.24) is 9.88 Å².